The quantitative estimate of drug-likeness (QED) is 0.178. The topological polar surface area (TPSA) is 75.2 Å². The lowest BCUT2D eigenvalue weighted by atomic mass is 10.1. The molecule has 0 unspecified atom stereocenters. The molecule has 7 nitrogen and oxygen atoms in total. The van der Waals surface area contributed by atoms with Gasteiger partial charge in [-0.2, -0.15) is 0 Å². The molecule has 0 spiro atoms. The molecule has 0 aliphatic heterocycles. The van der Waals surface area contributed by atoms with E-state index in [9.17, 15) is 4.79 Å². The number of carbonyl (C=O) groups is 1. The molecule has 0 aliphatic rings. The summed E-state index contributed by atoms with van der Waals surface area (Å²) in [5, 5.41) is 6.68. The maximum Gasteiger partial charge on any atom is 0.243 e. The van der Waals surface area contributed by atoms with Gasteiger partial charge in [0, 0.05) is 27.2 Å². The summed E-state index contributed by atoms with van der Waals surface area (Å²) in [7, 11) is 5.12. The van der Waals surface area contributed by atoms with Crippen LogP contribution in [0, 0.1) is 0 Å². The summed E-state index contributed by atoms with van der Waals surface area (Å²) >= 11 is 0. The molecule has 0 heterocycles. The monoisotopic (exact) mass is 568 g/mol. The highest BCUT2D eigenvalue weighted by Gasteiger charge is 2.07. The Morgan fingerprint density at radius 3 is 2.36 bits per heavy atom. The number of nitrogens with one attached hydrogen (secondary N) is 2. The van der Waals surface area contributed by atoms with Gasteiger partial charge in [-0.25, -0.2) is 4.99 Å². The van der Waals surface area contributed by atoms with Crippen molar-refractivity contribution in [3.8, 4) is 11.5 Å². The maximum atomic E-state index is 11.9. The van der Waals surface area contributed by atoms with Crippen LogP contribution in [0.3, 0.4) is 0 Å². The minimum absolute atomic E-state index is 0. The van der Waals surface area contributed by atoms with Crippen LogP contribution in [0.1, 0.15) is 24.5 Å². The molecule has 0 radical (unpaired) electrons. The lowest BCUT2D eigenvalue weighted by molar-refractivity contribution is -0.127. The van der Waals surface area contributed by atoms with Gasteiger partial charge in [-0.15, -0.1) is 24.0 Å². The van der Waals surface area contributed by atoms with Crippen molar-refractivity contribution in [3.63, 3.8) is 0 Å². The molecular formula is C25H37IN4O3. The lowest BCUT2D eigenvalue weighted by Crippen LogP contribution is -2.40. The largest absolute Gasteiger partial charge is 0.493 e. The first-order valence-electron chi connectivity index (χ1n) is 11.1. The van der Waals surface area contributed by atoms with Crippen molar-refractivity contribution < 1.29 is 14.3 Å². The Kier molecular flexibility index (Phi) is 14.0. The molecule has 2 aromatic carbocycles. The van der Waals surface area contributed by atoms with Crippen molar-refractivity contribution in [2.24, 2.45) is 4.99 Å². The summed E-state index contributed by atoms with van der Waals surface area (Å²) in [4.78, 5) is 17.9. The highest BCUT2D eigenvalue weighted by atomic mass is 127. The summed E-state index contributed by atoms with van der Waals surface area (Å²) in [6.07, 6.45) is 2.69. The van der Waals surface area contributed by atoms with Crippen molar-refractivity contribution in [1.29, 1.82) is 0 Å². The zero-order chi connectivity index (χ0) is 23.2. The molecule has 2 aromatic rings. The smallest absolute Gasteiger partial charge is 0.243 e. The average molecular weight is 569 g/mol. The van der Waals surface area contributed by atoms with Crippen LogP contribution < -0.4 is 20.1 Å². The highest BCUT2D eigenvalue weighted by molar-refractivity contribution is 14.0. The van der Waals surface area contributed by atoms with Crippen LogP contribution in [0.5, 0.6) is 11.5 Å². The van der Waals surface area contributed by atoms with Gasteiger partial charge in [0.05, 0.1) is 13.7 Å². The number of ether oxygens (including phenoxy) is 2. The number of hydrogen-bond donors (Lipinski definition) is 2. The van der Waals surface area contributed by atoms with Crippen LogP contribution in [0.4, 0.5) is 0 Å². The third-order valence-electron chi connectivity index (χ3n) is 4.88. The number of methoxy groups -OCH3 is 1. The minimum Gasteiger partial charge on any atom is -0.493 e. The molecule has 8 heteroatoms. The molecule has 1 amide bonds. The average Bonchev–Trinajstić information content (AvgIpc) is 2.80. The number of halogens is 1. The highest BCUT2D eigenvalue weighted by Crippen LogP contribution is 2.28. The number of nitrogens with zero attached hydrogens (tertiary/aromatic N) is 2. The molecule has 33 heavy (non-hydrogen) atoms. The van der Waals surface area contributed by atoms with Gasteiger partial charge in [-0.05, 0) is 49.4 Å². The molecule has 0 fully saturated rings. The van der Waals surface area contributed by atoms with Gasteiger partial charge in [0.2, 0.25) is 5.91 Å². The molecule has 2 rings (SSSR count). The molecule has 0 bridgehead atoms. The molecule has 182 valence electrons. The van der Waals surface area contributed by atoms with E-state index < -0.39 is 0 Å². The fourth-order valence-electron chi connectivity index (χ4n) is 3.08. The Morgan fingerprint density at radius 1 is 0.970 bits per heavy atom. The number of aliphatic imine (C=N–C) groups is 1. The number of aryl methyl sites for hydroxylation is 1. The van der Waals surface area contributed by atoms with Crippen molar-refractivity contribution in [1.82, 2.24) is 15.5 Å². The molecule has 0 aromatic heterocycles. The molecular weight excluding hydrogens is 531 g/mol. The van der Waals surface area contributed by atoms with E-state index in [4.69, 9.17) is 9.47 Å². The van der Waals surface area contributed by atoms with E-state index in [0.717, 1.165) is 43.9 Å². The molecule has 0 saturated heterocycles. The summed E-state index contributed by atoms with van der Waals surface area (Å²) in [6, 6.07) is 16.3. The van der Waals surface area contributed by atoms with Gasteiger partial charge >= 0.3 is 0 Å². The van der Waals surface area contributed by atoms with Crippen LogP contribution in [-0.4, -0.2) is 64.2 Å². The standard InChI is InChI=1S/C25H36N4O3.HI/c1-5-32-23-18-21(13-14-22(23)31-4)12-9-16-26-25(28-19-24(30)29(2)3)27-17-15-20-10-7-6-8-11-20;/h6-8,10-11,13-14,18H,5,9,12,15-17,19H2,1-4H3,(H2,26,27,28);1H. The minimum atomic E-state index is -0.0316. The number of likely N-dealkylation sites (N-methyl/N-ethyl adjacent to an activating group) is 1. The van der Waals surface area contributed by atoms with Gasteiger partial charge in [0.25, 0.3) is 0 Å². The summed E-state index contributed by atoms with van der Waals surface area (Å²) < 4.78 is 11.0. The van der Waals surface area contributed by atoms with E-state index in [1.165, 1.54) is 11.1 Å². The van der Waals surface area contributed by atoms with Gasteiger partial charge in [0.15, 0.2) is 17.5 Å². The molecule has 2 N–H and O–H groups in total. The fourth-order valence-corrected chi connectivity index (χ4v) is 3.08. The van der Waals surface area contributed by atoms with E-state index in [1.54, 1.807) is 26.1 Å². The number of hydrogen-bond acceptors (Lipinski definition) is 4. The normalized spacial score (nSPS) is 10.7. The maximum absolute atomic E-state index is 11.9. The van der Waals surface area contributed by atoms with E-state index in [2.05, 4.69) is 33.8 Å². The first kappa shape index (κ1) is 28.5. The van der Waals surface area contributed by atoms with Crippen molar-refractivity contribution >= 4 is 35.8 Å². The first-order valence-corrected chi connectivity index (χ1v) is 11.1. The van der Waals surface area contributed by atoms with E-state index in [1.807, 2.05) is 37.3 Å². The second-order valence-corrected chi connectivity index (χ2v) is 7.56. The Morgan fingerprint density at radius 2 is 1.70 bits per heavy atom. The van der Waals surface area contributed by atoms with Crippen LogP contribution in [0.15, 0.2) is 53.5 Å². The van der Waals surface area contributed by atoms with Gasteiger partial charge < -0.3 is 25.0 Å². The number of carbonyl (C=O) groups excluding carboxylic acids is 1. The molecule has 0 saturated carbocycles. The number of rotatable bonds is 12. The number of amides is 1. The van der Waals surface area contributed by atoms with Crippen LogP contribution >= 0.6 is 24.0 Å². The second kappa shape index (κ2) is 16.2. The number of benzene rings is 2. The van der Waals surface area contributed by atoms with E-state index in [0.29, 0.717) is 12.6 Å². The van der Waals surface area contributed by atoms with Gasteiger partial charge in [-0.1, -0.05) is 36.4 Å². The number of guanidine groups is 1. The third-order valence-corrected chi connectivity index (χ3v) is 4.88. The van der Waals surface area contributed by atoms with Crippen molar-refractivity contribution in [3.05, 3.63) is 59.7 Å². The predicted molar refractivity (Wildman–Crippen MR) is 145 cm³/mol. The predicted octanol–water partition coefficient (Wildman–Crippen LogP) is 3.51. The zero-order valence-corrected chi connectivity index (χ0v) is 22.4. The van der Waals surface area contributed by atoms with Crippen molar-refractivity contribution in [2.75, 3.05) is 47.4 Å². The SMILES string of the molecule is CCOc1cc(CCCNC(=NCC(=O)N(C)C)NCCc2ccccc2)ccc1OC.I. The van der Waals surface area contributed by atoms with Crippen molar-refractivity contribution in [2.45, 2.75) is 26.2 Å². The molecule has 0 aliphatic carbocycles. The van der Waals surface area contributed by atoms with Crippen LogP contribution in [0.25, 0.3) is 0 Å². The van der Waals surface area contributed by atoms with Gasteiger partial charge in [-0.3, -0.25) is 4.79 Å². The Hall–Kier alpha value is -2.49. The Labute approximate surface area is 215 Å². The van der Waals surface area contributed by atoms with E-state index >= 15 is 0 Å². The van der Waals surface area contributed by atoms with Crippen LogP contribution in [0.2, 0.25) is 0 Å². The Balaban J connectivity index is 0.00000544. The molecule has 0 atom stereocenters. The summed E-state index contributed by atoms with van der Waals surface area (Å²) in [5.41, 5.74) is 2.45. The summed E-state index contributed by atoms with van der Waals surface area (Å²) in [5.74, 6) is 2.14. The lowest BCUT2D eigenvalue weighted by Gasteiger charge is -2.14. The summed E-state index contributed by atoms with van der Waals surface area (Å²) in [6.45, 7) is 4.15. The fraction of sp³-hybridized carbons (Fsp3) is 0.440. The van der Waals surface area contributed by atoms with Gasteiger partial charge in [0.1, 0.15) is 6.54 Å². The first-order chi connectivity index (χ1) is 15.5. The van der Waals surface area contributed by atoms with Crippen LogP contribution in [-0.2, 0) is 17.6 Å². The third kappa shape index (κ3) is 10.8. The zero-order valence-electron chi connectivity index (χ0n) is 20.1. The second-order valence-electron chi connectivity index (χ2n) is 7.56. The Bertz CT molecular complexity index is 860. The van der Waals surface area contributed by atoms with E-state index in [-0.39, 0.29) is 36.4 Å².